The van der Waals surface area contributed by atoms with Crippen molar-refractivity contribution in [3.05, 3.63) is 27.7 Å². The van der Waals surface area contributed by atoms with Gasteiger partial charge in [-0.1, -0.05) is 11.6 Å². The van der Waals surface area contributed by atoms with Gasteiger partial charge in [0.25, 0.3) is 0 Å². The first-order valence-electron chi connectivity index (χ1n) is 3.86. The van der Waals surface area contributed by atoms with Gasteiger partial charge in [-0.15, -0.1) is 0 Å². The van der Waals surface area contributed by atoms with Gasteiger partial charge in [0, 0.05) is 4.47 Å². The quantitative estimate of drug-likeness (QED) is 0.911. The number of hydrogen-bond acceptors (Lipinski definition) is 2. The van der Waals surface area contributed by atoms with Crippen LogP contribution in [-0.2, 0) is 0 Å². The molecule has 72 valence electrons. The average molecular weight is 266 g/mol. The van der Waals surface area contributed by atoms with E-state index >= 15 is 0 Å². The third kappa shape index (κ3) is 3.18. The highest BCUT2D eigenvalue weighted by atomic mass is 79.9. The molecule has 4 heteroatoms. The molecule has 0 aromatic heterocycles. The van der Waals surface area contributed by atoms with Crippen LogP contribution in [0.1, 0.15) is 6.92 Å². The SMILES string of the molecule is C[C@@H](CO)Oc1ccc(Br)c(Cl)c1. The van der Waals surface area contributed by atoms with Gasteiger partial charge in [0.2, 0.25) is 0 Å². The fourth-order valence-corrected chi connectivity index (χ4v) is 1.24. The van der Waals surface area contributed by atoms with Crippen molar-refractivity contribution in [1.82, 2.24) is 0 Å². The first kappa shape index (κ1) is 10.8. The van der Waals surface area contributed by atoms with E-state index in [1.54, 1.807) is 19.1 Å². The van der Waals surface area contributed by atoms with Crippen LogP contribution < -0.4 is 4.74 Å². The van der Waals surface area contributed by atoms with Crippen LogP contribution >= 0.6 is 27.5 Å². The highest BCUT2D eigenvalue weighted by molar-refractivity contribution is 9.10. The van der Waals surface area contributed by atoms with Gasteiger partial charge >= 0.3 is 0 Å². The number of halogens is 2. The van der Waals surface area contributed by atoms with E-state index in [9.17, 15) is 0 Å². The summed E-state index contributed by atoms with van der Waals surface area (Å²) in [6.45, 7) is 1.78. The van der Waals surface area contributed by atoms with Crippen LogP contribution in [0.5, 0.6) is 5.75 Å². The largest absolute Gasteiger partial charge is 0.488 e. The molecule has 0 aliphatic heterocycles. The van der Waals surface area contributed by atoms with E-state index in [1.807, 2.05) is 6.07 Å². The molecule has 0 radical (unpaired) electrons. The zero-order valence-electron chi connectivity index (χ0n) is 7.13. The molecule has 13 heavy (non-hydrogen) atoms. The minimum absolute atomic E-state index is 0.00627. The number of hydrogen-bond donors (Lipinski definition) is 1. The Morgan fingerprint density at radius 3 is 2.85 bits per heavy atom. The van der Waals surface area contributed by atoms with Crippen molar-refractivity contribution < 1.29 is 9.84 Å². The molecule has 1 rings (SSSR count). The van der Waals surface area contributed by atoms with Crippen molar-refractivity contribution in [1.29, 1.82) is 0 Å². The Bertz CT molecular complexity index is 291. The van der Waals surface area contributed by atoms with E-state index in [-0.39, 0.29) is 12.7 Å². The molecule has 0 bridgehead atoms. The summed E-state index contributed by atoms with van der Waals surface area (Å²) in [5, 5.41) is 9.35. The molecule has 1 aromatic carbocycles. The van der Waals surface area contributed by atoms with Crippen molar-refractivity contribution in [2.75, 3.05) is 6.61 Å². The first-order valence-corrected chi connectivity index (χ1v) is 5.03. The summed E-state index contributed by atoms with van der Waals surface area (Å²) in [6, 6.07) is 5.31. The Morgan fingerprint density at radius 1 is 1.62 bits per heavy atom. The van der Waals surface area contributed by atoms with Gasteiger partial charge in [0.05, 0.1) is 11.6 Å². The van der Waals surface area contributed by atoms with Crippen molar-refractivity contribution in [2.45, 2.75) is 13.0 Å². The van der Waals surface area contributed by atoms with Crippen molar-refractivity contribution >= 4 is 27.5 Å². The number of ether oxygens (including phenoxy) is 1. The molecule has 1 aromatic rings. The lowest BCUT2D eigenvalue weighted by Gasteiger charge is -2.12. The Labute approximate surface area is 90.6 Å². The van der Waals surface area contributed by atoms with Gasteiger partial charge in [0.15, 0.2) is 0 Å². The molecule has 0 aliphatic rings. The Balaban J connectivity index is 2.73. The molecular formula is C9H10BrClO2. The highest BCUT2D eigenvalue weighted by Crippen LogP contribution is 2.27. The lowest BCUT2D eigenvalue weighted by molar-refractivity contribution is 0.130. The minimum Gasteiger partial charge on any atom is -0.488 e. The number of aliphatic hydroxyl groups is 1. The summed E-state index contributed by atoms with van der Waals surface area (Å²) in [7, 11) is 0. The van der Waals surface area contributed by atoms with E-state index in [0.717, 1.165) is 4.47 Å². The molecule has 0 heterocycles. The monoisotopic (exact) mass is 264 g/mol. The third-order valence-corrected chi connectivity index (χ3v) is 2.72. The summed E-state index contributed by atoms with van der Waals surface area (Å²) in [4.78, 5) is 0. The fourth-order valence-electron chi connectivity index (χ4n) is 0.820. The van der Waals surface area contributed by atoms with Crippen LogP contribution in [-0.4, -0.2) is 17.8 Å². The highest BCUT2D eigenvalue weighted by Gasteiger charge is 2.03. The molecular weight excluding hydrogens is 255 g/mol. The van der Waals surface area contributed by atoms with Crippen molar-refractivity contribution in [3.63, 3.8) is 0 Å². The topological polar surface area (TPSA) is 29.5 Å². The molecule has 0 unspecified atom stereocenters. The second kappa shape index (κ2) is 4.84. The van der Waals surface area contributed by atoms with Gasteiger partial charge in [-0.2, -0.15) is 0 Å². The van der Waals surface area contributed by atoms with Crippen LogP contribution in [0.25, 0.3) is 0 Å². The van der Waals surface area contributed by atoms with E-state index in [4.69, 9.17) is 21.4 Å². The Kier molecular flexibility index (Phi) is 4.03. The smallest absolute Gasteiger partial charge is 0.121 e. The average Bonchev–Trinajstić information content (AvgIpc) is 2.11. The lowest BCUT2D eigenvalue weighted by Crippen LogP contribution is -2.16. The Morgan fingerprint density at radius 2 is 2.31 bits per heavy atom. The summed E-state index contributed by atoms with van der Waals surface area (Å²) < 4.78 is 6.18. The predicted octanol–water partition coefficient (Wildman–Crippen LogP) is 2.86. The van der Waals surface area contributed by atoms with Crippen LogP contribution in [0.3, 0.4) is 0 Å². The number of benzene rings is 1. The molecule has 0 saturated heterocycles. The Hall–Kier alpha value is -0.250. The molecule has 0 spiro atoms. The molecule has 2 nitrogen and oxygen atoms in total. The van der Waals surface area contributed by atoms with Crippen molar-refractivity contribution in [3.8, 4) is 5.75 Å². The fraction of sp³-hybridized carbons (Fsp3) is 0.333. The zero-order valence-corrected chi connectivity index (χ0v) is 9.47. The second-order valence-electron chi connectivity index (χ2n) is 2.69. The first-order chi connectivity index (χ1) is 6.13. The molecule has 1 N–H and O–H groups in total. The van der Waals surface area contributed by atoms with E-state index in [1.165, 1.54) is 0 Å². The maximum Gasteiger partial charge on any atom is 0.121 e. The van der Waals surface area contributed by atoms with Gasteiger partial charge < -0.3 is 9.84 Å². The van der Waals surface area contributed by atoms with Crippen LogP contribution in [0.4, 0.5) is 0 Å². The predicted molar refractivity (Wildman–Crippen MR) is 56.3 cm³/mol. The lowest BCUT2D eigenvalue weighted by atomic mass is 10.3. The van der Waals surface area contributed by atoms with Crippen LogP contribution in [0.15, 0.2) is 22.7 Å². The molecule has 0 fully saturated rings. The maximum atomic E-state index is 8.75. The van der Waals surface area contributed by atoms with Crippen molar-refractivity contribution in [2.24, 2.45) is 0 Å². The standard InChI is InChI=1S/C9H10BrClO2/c1-6(5-12)13-7-2-3-8(10)9(11)4-7/h2-4,6,12H,5H2,1H3/t6-/m0/s1. The summed E-state index contributed by atoms with van der Waals surface area (Å²) in [5.41, 5.74) is 0. The second-order valence-corrected chi connectivity index (χ2v) is 3.95. The molecule has 1 atom stereocenters. The van der Waals surface area contributed by atoms with Gasteiger partial charge in [0.1, 0.15) is 11.9 Å². The van der Waals surface area contributed by atoms with E-state index < -0.39 is 0 Å². The zero-order chi connectivity index (χ0) is 9.84. The number of rotatable bonds is 3. The summed E-state index contributed by atoms with van der Waals surface area (Å²) in [6.07, 6.45) is -0.211. The summed E-state index contributed by atoms with van der Waals surface area (Å²) in [5.74, 6) is 0.662. The molecule has 0 saturated carbocycles. The van der Waals surface area contributed by atoms with Crippen LogP contribution in [0.2, 0.25) is 5.02 Å². The van der Waals surface area contributed by atoms with Crippen LogP contribution in [0, 0.1) is 0 Å². The van der Waals surface area contributed by atoms with E-state index in [0.29, 0.717) is 10.8 Å². The minimum atomic E-state index is -0.211. The van der Waals surface area contributed by atoms with Gasteiger partial charge in [-0.05, 0) is 41.1 Å². The van der Waals surface area contributed by atoms with E-state index in [2.05, 4.69) is 15.9 Å². The third-order valence-electron chi connectivity index (χ3n) is 1.49. The summed E-state index contributed by atoms with van der Waals surface area (Å²) >= 11 is 9.13. The normalized spacial score (nSPS) is 12.6. The molecule has 0 aliphatic carbocycles. The number of aliphatic hydroxyl groups excluding tert-OH is 1. The van der Waals surface area contributed by atoms with Gasteiger partial charge in [-0.25, -0.2) is 0 Å². The maximum absolute atomic E-state index is 8.75. The molecule has 0 amide bonds. The van der Waals surface area contributed by atoms with Gasteiger partial charge in [-0.3, -0.25) is 0 Å².